The number of nitrogens with one attached hydrogen (secondary N) is 1. The fourth-order valence-corrected chi connectivity index (χ4v) is 4.87. The summed E-state index contributed by atoms with van der Waals surface area (Å²) in [6.07, 6.45) is 3.21. The third kappa shape index (κ3) is 3.18. The zero-order valence-corrected chi connectivity index (χ0v) is 18.6. The number of rotatable bonds is 4. The number of aryl methyl sites for hydroxylation is 1. The van der Waals surface area contributed by atoms with Crippen LogP contribution in [0.4, 0.5) is 5.69 Å². The van der Waals surface area contributed by atoms with E-state index < -0.39 is 0 Å². The molecule has 0 saturated heterocycles. The number of phenolic OH excluding ortho intramolecular Hbond substituents is 1. The van der Waals surface area contributed by atoms with Gasteiger partial charge in [-0.05, 0) is 47.7 Å². The number of phenols is 1. The van der Waals surface area contributed by atoms with Gasteiger partial charge in [-0.2, -0.15) is 0 Å². The highest BCUT2D eigenvalue weighted by Gasteiger charge is 2.41. The summed E-state index contributed by atoms with van der Waals surface area (Å²) in [5.41, 5.74) is 5.40. The molecule has 2 aromatic carbocycles. The van der Waals surface area contributed by atoms with Crippen LogP contribution in [-0.2, 0) is 16.1 Å². The molecule has 0 fully saturated rings. The van der Waals surface area contributed by atoms with E-state index in [9.17, 15) is 14.7 Å². The number of hydrogen-bond acceptors (Lipinski definition) is 4. The molecule has 6 nitrogen and oxygen atoms in total. The van der Waals surface area contributed by atoms with E-state index in [4.69, 9.17) is 0 Å². The molecule has 3 heterocycles. The number of amides is 2. The van der Waals surface area contributed by atoms with Gasteiger partial charge < -0.3 is 15.0 Å². The predicted octanol–water partition coefficient (Wildman–Crippen LogP) is 4.59. The fraction of sp³-hybridized carbons (Fsp3) is 0.308. The van der Waals surface area contributed by atoms with Crippen LogP contribution >= 0.6 is 0 Å². The van der Waals surface area contributed by atoms with Crippen LogP contribution in [0.15, 0.2) is 59.9 Å². The molecule has 1 atom stereocenters. The van der Waals surface area contributed by atoms with Gasteiger partial charge in [0.2, 0.25) is 5.91 Å². The summed E-state index contributed by atoms with van der Waals surface area (Å²) in [6, 6.07) is 13.2. The van der Waals surface area contributed by atoms with Crippen LogP contribution < -0.4 is 5.32 Å². The monoisotopic (exact) mass is 429 g/mol. The van der Waals surface area contributed by atoms with E-state index in [-0.39, 0.29) is 30.0 Å². The average Bonchev–Trinajstić information content (AvgIpc) is 3.23. The molecular weight excluding hydrogens is 402 g/mol. The van der Waals surface area contributed by atoms with E-state index in [0.29, 0.717) is 11.5 Å². The van der Waals surface area contributed by atoms with Gasteiger partial charge in [0, 0.05) is 42.4 Å². The van der Waals surface area contributed by atoms with Gasteiger partial charge >= 0.3 is 0 Å². The molecule has 0 aliphatic carbocycles. The summed E-state index contributed by atoms with van der Waals surface area (Å²) in [5.74, 6) is -0.0941. The van der Waals surface area contributed by atoms with Crippen molar-refractivity contribution in [2.24, 2.45) is 5.92 Å². The molecule has 3 aromatic rings. The number of carbonyl (C=O) groups is 2. The second-order valence-electron chi connectivity index (χ2n) is 9.11. The molecule has 2 amide bonds. The zero-order valence-electron chi connectivity index (χ0n) is 18.6. The molecule has 1 aromatic heterocycles. The first-order valence-electron chi connectivity index (χ1n) is 11.1. The van der Waals surface area contributed by atoms with Crippen LogP contribution in [0.3, 0.4) is 0 Å². The minimum Gasteiger partial charge on any atom is -0.508 e. The van der Waals surface area contributed by atoms with Crippen LogP contribution in [0.2, 0.25) is 0 Å². The second kappa shape index (κ2) is 7.55. The lowest BCUT2D eigenvalue weighted by Crippen LogP contribution is -2.33. The van der Waals surface area contributed by atoms with Gasteiger partial charge in [0.15, 0.2) is 0 Å². The van der Waals surface area contributed by atoms with Crippen LogP contribution in [-0.4, -0.2) is 32.9 Å². The Hall–Kier alpha value is -3.54. The summed E-state index contributed by atoms with van der Waals surface area (Å²) in [5, 5.41) is 14.4. The van der Waals surface area contributed by atoms with Gasteiger partial charge in [-0.1, -0.05) is 32.0 Å². The minimum absolute atomic E-state index is 0.179. The van der Waals surface area contributed by atoms with E-state index >= 15 is 0 Å². The van der Waals surface area contributed by atoms with E-state index in [1.54, 1.807) is 12.1 Å². The van der Waals surface area contributed by atoms with Crippen molar-refractivity contribution in [2.75, 3.05) is 11.9 Å². The maximum Gasteiger partial charge on any atom is 0.259 e. The van der Waals surface area contributed by atoms with Gasteiger partial charge in [0.05, 0.1) is 17.6 Å². The normalized spacial score (nSPS) is 17.7. The summed E-state index contributed by atoms with van der Waals surface area (Å²) in [7, 11) is 0. The van der Waals surface area contributed by atoms with Crippen molar-refractivity contribution in [3.63, 3.8) is 0 Å². The molecule has 0 radical (unpaired) electrons. The third-order valence-electron chi connectivity index (χ3n) is 6.49. The Morgan fingerprint density at radius 2 is 1.94 bits per heavy atom. The zero-order chi connectivity index (χ0) is 22.6. The Morgan fingerprint density at radius 1 is 1.19 bits per heavy atom. The Morgan fingerprint density at radius 3 is 2.62 bits per heavy atom. The maximum absolute atomic E-state index is 13.4. The first-order valence-corrected chi connectivity index (χ1v) is 11.1. The minimum atomic E-state index is -0.332. The summed E-state index contributed by atoms with van der Waals surface area (Å²) in [4.78, 5) is 26.9. The Balaban J connectivity index is 1.75. The molecule has 2 N–H and O–H groups in total. The number of carbonyl (C=O) groups excluding carboxylic acids is 2. The lowest BCUT2D eigenvalue weighted by molar-refractivity contribution is -0.139. The molecule has 0 spiro atoms. The SMILES string of the molecule is CC(=O)N1CC2=C(C1=O)[C@H](c1ccc(O)cc1)c1cn(CCC(C)C)c3cccc(c13)N2. The molecule has 2 aliphatic rings. The number of aromatic hydroxyl groups is 1. The smallest absolute Gasteiger partial charge is 0.259 e. The lowest BCUT2D eigenvalue weighted by atomic mass is 9.84. The fourth-order valence-electron chi connectivity index (χ4n) is 4.87. The molecule has 6 heteroatoms. The number of nitrogens with zero attached hydrogens (tertiary/aromatic N) is 2. The van der Waals surface area contributed by atoms with E-state index in [2.05, 4.69) is 36.0 Å². The van der Waals surface area contributed by atoms with Crippen LogP contribution in [0.5, 0.6) is 5.75 Å². The lowest BCUT2D eigenvalue weighted by Gasteiger charge is -2.19. The first-order chi connectivity index (χ1) is 15.3. The third-order valence-corrected chi connectivity index (χ3v) is 6.49. The number of aromatic nitrogens is 1. The summed E-state index contributed by atoms with van der Waals surface area (Å²) in [6.45, 7) is 6.99. The number of benzene rings is 2. The number of imide groups is 1. The average molecular weight is 430 g/mol. The first kappa shape index (κ1) is 20.4. The predicted molar refractivity (Wildman–Crippen MR) is 124 cm³/mol. The van der Waals surface area contributed by atoms with Gasteiger partial charge in [0.25, 0.3) is 5.91 Å². The van der Waals surface area contributed by atoms with Crippen molar-refractivity contribution in [3.05, 3.63) is 71.1 Å². The molecule has 0 bridgehead atoms. The van der Waals surface area contributed by atoms with Crippen molar-refractivity contribution in [1.82, 2.24) is 9.47 Å². The van der Waals surface area contributed by atoms with Gasteiger partial charge in [-0.15, -0.1) is 0 Å². The molecular formula is C26H27N3O3. The summed E-state index contributed by atoms with van der Waals surface area (Å²) < 4.78 is 2.27. The molecule has 5 rings (SSSR count). The van der Waals surface area contributed by atoms with Crippen LogP contribution in [0.1, 0.15) is 44.2 Å². The van der Waals surface area contributed by atoms with E-state index in [1.807, 2.05) is 24.3 Å². The largest absolute Gasteiger partial charge is 0.508 e. The van der Waals surface area contributed by atoms with Crippen LogP contribution in [0, 0.1) is 5.92 Å². The van der Waals surface area contributed by atoms with Crippen molar-refractivity contribution in [1.29, 1.82) is 0 Å². The van der Waals surface area contributed by atoms with Gasteiger partial charge in [-0.3, -0.25) is 14.5 Å². The van der Waals surface area contributed by atoms with Crippen molar-refractivity contribution >= 4 is 28.4 Å². The highest BCUT2D eigenvalue weighted by atomic mass is 16.3. The number of hydrogen-bond donors (Lipinski definition) is 2. The quantitative estimate of drug-likeness (QED) is 0.636. The Bertz CT molecular complexity index is 1270. The molecule has 164 valence electrons. The van der Waals surface area contributed by atoms with Crippen molar-refractivity contribution in [3.8, 4) is 5.75 Å². The topological polar surface area (TPSA) is 74.6 Å². The van der Waals surface area contributed by atoms with Crippen molar-refractivity contribution < 1.29 is 14.7 Å². The highest BCUT2D eigenvalue weighted by molar-refractivity contribution is 6.11. The second-order valence-corrected chi connectivity index (χ2v) is 9.11. The van der Waals surface area contributed by atoms with E-state index in [0.717, 1.165) is 46.4 Å². The number of anilines is 1. The van der Waals surface area contributed by atoms with E-state index in [1.165, 1.54) is 11.8 Å². The molecule has 2 aliphatic heterocycles. The molecule has 0 unspecified atom stereocenters. The molecule has 0 saturated carbocycles. The van der Waals surface area contributed by atoms with Gasteiger partial charge in [-0.25, -0.2) is 0 Å². The van der Waals surface area contributed by atoms with Gasteiger partial charge in [0.1, 0.15) is 5.75 Å². The Labute approximate surface area is 187 Å². The van der Waals surface area contributed by atoms with Crippen LogP contribution in [0.25, 0.3) is 10.9 Å². The molecule has 32 heavy (non-hydrogen) atoms. The highest BCUT2D eigenvalue weighted by Crippen LogP contribution is 2.46. The standard InChI is InChI=1S/C26H27N3O3/c1-15(2)11-12-28-13-19-23(17-7-9-18(31)10-8-17)25-21(14-29(16(3)30)26(25)32)27-20-5-4-6-22(28)24(19)20/h4-10,13,15,23,27,31H,11-12,14H2,1-3H3/t23-/m1/s1. The van der Waals surface area contributed by atoms with Crippen molar-refractivity contribution in [2.45, 2.75) is 39.7 Å². The summed E-state index contributed by atoms with van der Waals surface area (Å²) >= 11 is 0. The maximum atomic E-state index is 13.4. The Kier molecular flexibility index (Phi) is 4.81.